The van der Waals surface area contributed by atoms with Gasteiger partial charge in [-0.1, -0.05) is 12.8 Å². The first kappa shape index (κ1) is 11.5. The second-order valence-electron chi connectivity index (χ2n) is 4.41. The topological polar surface area (TPSA) is 68.0 Å². The molecule has 1 aromatic rings. The summed E-state index contributed by atoms with van der Waals surface area (Å²) < 4.78 is 0. The molecule has 0 aromatic carbocycles. The molecule has 88 valence electrons. The van der Waals surface area contributed by atoms with E-state index < -0.39 is 5.54 Å². The summed E-state index contributed by atoms with van der Waals surface area (Å²) in [5.41, 5.74) is 8.21. The average molecular weight is 239 g/mol. The molecule has 1 fully saturated rings. The van der Waals surface area contributed by atoms with Crippen LogP contribution in [-0.2, 0) is 11.3 Å². The smallest absolute Gasteiger partial charge is 0.240 e. The molecule has 1 amide bonds. The first-order valence-corrected chi connectivity index (χ1v) is 6.46. The molecule has 5 heteroatoms. The molecule has 0 bridgehead atoms. The fourth-order valence-corrected chi connectivity index (χ4v) is 2.78. The van der Waals surface area contributed by atoms with Crippen molar-refractivity contribution in [3.8, 4) is 0 Å². The van der Waals surface area contributed by atoms with Crippen LogP contribution in [0.3, 0.4) is 0 Å². The Hall–Kier alpha value is -0.940. The molecule has 16 heavy (non-hydrogen) atoms. The molecule has 1 aliphatic rings. The standard InChI is InChI=1S/C11H17N3OS/c1-8-9(16-7-14-8)6-13-10(15)11(12)4-2-3-5-11/h7H,2-6,12H2,1H3,(H,13,15). The van der Waals surface area contributed by atoms with Crippen molar-refractivity contribution >= 4 is 17.2 Å². The fourth-order valence-electron chi connectivity index (χ4n) is 2.07. The van der Waals surface area contributed by atoms with Crippen LogP contribution in [0.4, 0.5) is 0 Å². The van der Waals surface area contributed by atoms with Crippen molar-refractivity contribution in [1.82, 2.24) is 10.3 Å². The summed E-state index contributed by atoms with van der Waals surface area (Å²) in [6, 6.07) is 0. The number of nitrogens with two attached hydrogens (primary N) is 1. The van der Waals surface area contributed by atoms with Crippen LogP contribution >= 0.6 is 11.3 Å². The summed E-state index contributed by atoms with van der Waals surface area (Å²) in [6.07, 6.45) is 3.73. The van der Waals surface area contributed by atoms with E-state index in [9.17, 15) is 4.79 Å². The van der Waals surface area contributed by atoms with E-state index in [4.69, 9.17) is 5.73 Å². The average Bonchev–Trinajstić information content (AvgIpc) is 2.85. The van der Waals surface area contributed by atoms with Gasteiger partial charge in [-0.2, -0.15) is 0 Å². The van der Waals surface area contributed by atoms with Crippen LogP contribution in [0.25, 0.3) is 0 Å². The van der Waals surface area contributed by atoms with Crippen LogP contribution in [0.1, 0.15) is 36.3 Å². The minimum Gasteiger partial charge on any atom is -0.350 e. The lowest BCUT2D eigenvalue weighted by Crippen LogP contribution is -2.51. The maximum absolute atomic E-state index is 11.9. The normalized spacial score (nSPS) is 18.6. The maximum atomic E-state index is 11.9. The molecule has 1 aliphatic carbocycles. The third-order valence-electron chi connectivity index (χ3n) is 3.20. The molecule has 0 spiro atoms. The summed E-state index contributed by atoms with van der Waals surface area (Å²) in [7, 11) is 0. The monoisotopic (exact) mass is 239 g/mol. The molecule has 2 rings (SSSR count). The molecule has 0 unspecified atom stereocenters. The number of aryl methyl sites for hydroxylation is 1. The molecule has 0 radical (unpaired) electrons. The molecule has 1 heterocycles. The molecular formula is C11H17N3OS. The maximum Gasteiger partial charge on any atom is 0.240 e. The van der Waals surface area contributed by atoms with E-state index in [0.717, 1.165) is 36.3 Å². The molecule has 3 N–H and O–H groups in total. The zero-order valence-corrected chi connectivity index (χ0v) is 10.3. The molecule has 0 saturated heterocycles. The van der Waals surface area contributed by atoms with Gasteiger partial charge >= 0.3 is 0 Å². The summed E-state index contributed by atoms with van der Waals surface area (Å²) in [6.45, 7) is 2.50. The number of aromatic nitrogens is 1. The number of nitrogens with zero attached hydrogens (tertiary/aromatic N) is 1. The van der Waals surface area contributed by atoms with E-state index >= 15 is 0 Å². The van der Waals surface area contributed by atoms with Crippen LogP contribution in [0.5, 0.6) is 0 Å². The lowest BCUT2D eigenvalue weighted by atomic mass is 9.98. The second-order valence-corrected chi connectivity index (χ2v) is 5.35. The van der Waals surface area contributed by atoms with Gasteiger partial charge in [0.1, 0.15) is 0 Å². The third kappa shape index (κ3) is 2.25. The van der Waals surface area contributed by atoms with Gasteiger partial charge in [0.05, 0.1) is 23.3 Å². The minimum atomic E-state index is -0.626. The number of hydrogen-bond acceptors (Lipinski definition) is 4. The van der Waals surface area contributed by atoms with Crippen LogP contribution < -0.4 is 11.1 Å². The highest BCUT2D eigenvalue weighted by molar-refractivity contribution is 7.09. The van der Waals surface area contributed by atoms with Gasteiger partial charge in [0.2, 0.25) is 5.91 Å². The Labute approximate surface area is 99.3 Å². The predicted octanol–water partition coefficient (Wildman–Crippen LogP) is 1.34. The fraction of sp³-hybridized carbons (Fsp3) is 0.636. The Kier molecular flexibility index (Phi) is 3.25. The van der Waals surface area contributed by atoms with Crippen LogP contribution in [0, 0.1) is 6.92 Å². The number of carbonyl (C=O) groups excluding carboxylic acids is 1. The zero-order chi connectivity index (χ0) is 11.6. The van der Waals surface area contributed by atoms with Gasteiger partial charge in [-0.05, 0) is 19.8 Å². The highest BCUT2D eigenvalue weighted by atomic mass is 32.1. The molecule has 0 aliphatic heterocycles. The summed E-state index contributed by atoms with van der Waals surface area (Å²) >= 11 is 1.57. The number of rotatable bonds is 3. The van der Waals surface area contributed by atoms with E-state index in [-0.39, 0.29) is 5.91 Å². The van der Waals surface area contributed by atoms with Crippen LogP contribution in [0.15, 0.2) is 5.51 Å². The highest BCUT2D eigenvalue weighted by Crippen LogP contribution is 2.27. The summed E-state index contributed by atoms with van der Waals surface area (Å²) in [5.74, 6) is -0.0159. The van der Waals surface area contributed by atoms with E-state index in [2.05, 4.69) is 10.3 Å². The molecular weight excluding hydrogens is 222 g/mol. The lowest BCUT2D eigenvalue weighted by molar-refractivity contribution is -0.126. The molecule has 1 aromatic heterocycles. The Morgan fingerprint density at radius 1 is 1.62 bits per heavy atom. The van der Waals surface area contributed by atoms with Gasteiger partial charge in [-0.15, -0.1) is 11.3 Å². The third-order valence-corrected chi connectivity index (χ3v) is 4.14. The molecule has 4 nitrogen and oxygen atoms in total. The first-order valence-electron chi connectivity index (χ1n) is 5.58. The van der Waals surface area contributed by atoms with Crippen molar-refractivity contribution in [3.63, 3.8) is 0 Å². The van der Waals surface area contributed by atoms with Crippen molar-refractivity contribution in [2.75, 3.05) is 0 Å². The number of thiazole rings is 1. The summed E-state index contributed by atoms with van der Waals surface area (Å²) in [5, 5.41) is 2.91. The van der Waals surface area contributed by atoms with Crippen LogP contribution in [-0.4, -0.2) is 16.4 Å². The van der Waals surface area contributed by atoms with Gasteiger partial charge in [0.25, 0.3) is 0 Å². The quantitative estimate of drug-likeness (QED) is 0.836. The minimum absolute atomic E-state index is 0.0159. The van der Waals surface area contributed by atoms with Gasteiger partial charge in [0.15, 0.2) is 0 Å². The Bertz CT molecular complexity index is 382. The van der Waals surface area contributed by atoms with E-state index in [0.29, 0.717) is 6.54 Å². The van der Waals surface area contributed by atoms with E-state index in [1.807, 2.05) is 6.92 Å². The number of nitrogens with one attached hydrogen (secondary N) is 1. The molecule has 0 atom stereocenters. The number of carbonyl (C=O) groups is 1. The van der Waals surface area contributed by atoms with Crippen molar-refractivity contribution in [2.24, 2.45) is 5.73 Å². The van der Waals surface area contributed by atoms with Crippen molar-refractivity contribution in [2.45, 2.75) is 44.7 Å². The first-order chi connectivity index (χ1) is 7.62. The predicted molar refractivity (Wildman–Crippen MR) is 64.1 cm³/mol. The number of amides is 1. The SMILES string of the molecule is Cc1ncsc1CNC(=O)C1(N)CCCC1. The van der Waals surface area contributed by atoms with Gasteiger partial charge in [-0.3, -0.25) is 4.79 Å². The van der Waals surface area contributed by atoms with E-state index in [1.165, 1.54) is 0 Å². The summed E-state index contributed by atoms with van der Waals surface area (Å²) in [4.78, 5) is 17.2. The van der Waals surface area contributed by atoms with E-state index in [1.54, 1.807) is 16.8 Å². The Morgan fingerprint density at radius 3 is 2.88 bits per heavy atom. The highest BCUT2D eigenvalue weighted by Gasteiger charge is 2.36. The number of hydrogen-bond donors (Lipinski definition) is 2. The van der Waals surface area contributed by atoms with Gasteiger partial charge < -0.3 is 11.1 Å². The zero-order valence-electron chi connectivity index (χ0n) is 9.45. The van der Waals surface area contributed by atoms with Crippen LogP contribution in [0.2, 0.25) is 0 Å². The van der Waals surface area contributed by atoms with Crippen molar-refractivity contribution < 1.29 is 4.79 Å². The second kappa shape index (κ2) is 4.51. The Balaban J connectivity index is 1.91. The largest absolute Gasteiger partial charge is 0.350 e. The van der Waals surface area contributed by atoms with Crippen molar-refractivity contribution in [1.29, 1.82) is 0 Å². The lowest BCUT2D eigenvalue weighted by Gasteiger charge is -2.22. The van der Waals surface area contributed by atoms with Crippen molar-refractivity contribution in [3.05, 3.63) is 16.1 Å². The molecule has 1 saturated carbocycles. The Morgan fingerprint density at radius 2 is 2.31 bits per heavy atom. The van der Waals surface area contributed by atoms with Gasteiger partial charge in [-0.25, -0.2) is 4.98 Å². The van der Waals surface area contributed by atoms with Gasteiger partial charge in [0, 0.05) is 4.88 Å².